The van der Waals surface area contributed by atoms with Crippen LogP contribution in [0.15, 0.2) is 27.8 Å². The van der Waals surface area contributed by atoms with Gasteiger partial charge in [-0.3, -0.25) is 4.99 Å². The highest BCUT2D eigenvalue weighted by atomic mass is 32.2. The van der Waals surface area contributed by atoms with Gasteiger partial charge in [0.15, 0.2) is 5.17 Å². The molecule has 1 aliphatic heterocycles. The molecular formula is C14H22N2OS. The van der Waals surface area contributed by atoms with Crippen LogP contribution in [0.4, 0.5) is 0 Å². The van der Waals surface area contributed by atoms with E-state index in [9.17, 15) is 0 Å². The zero-order chi connectivity index (χ0) is 13.0. The van der Waals surface area contributed by atoms with Crippen molar-refractivity contribution in [2.45, 2.75) is 26.8 Å². The lowest BCUT2D eigenvalue weighted by Crippen LogP contribution is -2.41. The minimum Gasteiger partial charge on any atom is -0.467 e. The Labute approximate surface area is 114 Å². The van der Waals surface area contributed by atoms with Gasteiger partial charge < -0.3 is 9.32 Å². The molecule has 100 valence electrons. The summed E-state index contributed by atoms with van der Waals surface area (Å²) in [6.07, 6.45) is 5.13. The molecule has 2 atom stereocenters. The predicted molar refractivity (Wildman–Crippen MR) is 77.9 cm³/mol. The van der Waals surface area contributed by atoms with Crippen LogP contribution in [0.1, 0.15) is 26.0 Å². The van der Waals surface area contributed by atoms with E-state index in [1.165, 1.54) is 6.42 Å². The Kier molecular flexibility index (Phi) is 4.75. The van der Waals surface area contributed by atoms with E-state index in [4.69, 9.17) is 4.42 Å². The number of rotatable bonds is 2. The van der Waals surface area contributed by atoms with Crippen molar-refractivity contribution in [2.24, 2.45) is 16.8 Å². The third-order valence-corrected chi connectivity index (χ3v) is 4.02. The summed E-state index contributed by atoms with van der Waals surface area (Å²) in [4.78, 5) is 7.11. The lowest BCUT2D eigenvalue weighted by molar-refractivity contribution is 0.216. The fourth-order valence-electron chi connectivity index (χ4n) is 2.66. The molecular weight excluding hydrogens is 244 g/mol. The second kappa shape index (κ2) is 6.32. The standard InChI is InChI=1S/C14H22N2OS/c1-11-7-12(2)10-16(9-11)14(18-3)15-8-13-5-4-6-17-13/h4-6,11-12H,7-10H2,1-3H3/t11-,12+. The highest BCUT2D eigenvalue weighted by molar-refractivity contribution is 8.13. The molecule has 1 aliphatic rings. The summed E-state index contributed by atoms with van der Waals surface area (Å²) in [6, 6.07) is 3.89. The molecule has 18 heavy (non-hydrogen) atoms. The van der Waals surface area contributed by atoms with Gasteiger partial charge in [-0.1, -0.05) is 25.6 Å². The van der Waals surface area contributed by atoms with Gasteiger partial charge in [0, 0.05) is 13.1 Å². The zero-order valence-electron chi connectivity index (χ0n) is 11.4. The molecule has 4 heteroatoms. The first kappa shape index (κ1) is 13.5. The van der Waals surface area contributed by atoms with Crippen LogP contribution in [0, 0.1) is 11.8 Å². The summed E-state index contributed by atoms with van der Waals surface area (Å²) in [5.41, 5.74) is 0. The van der Waals surface area contributed by atoms with E-state index in [-0.39, 0.29) is 0 Å². The van der Waals surface area contributed by atoms with Crippen LogP contribution < -0.4 is 0 Å². The van der Waals surface area contributed by atoms with Gasteiger partial charge in [-0.15, -0.1) is 0 Å². The fraction of sp³-hybridized carbons (Fsp3) is 0.643. The Morgan fingerprint density at radius 1 is 1.44 bits per heavy atom. The van der Waals surface area contributed by atoms with Crippen molar-refractivity contribution in [1.82, 2.24) is 4.90 Å². The number of amidine groups is 1. The molecule has 0 N–H and O–H groups in total. The van der Waals surface area contributed by atoms with Gasteiger partial charge in [0.1, 0.15) is 5.76 Å². The minimum absolute atomic E-state index is 0.641. The lowest BCUT2D eigenvalue weighted by atomic mass is 9.92. The maximum absolute atomic E-state index is 5.32. The Balaban J connectivity index is 2.00. The molecule has 0 unspecified atom stereocenters. The first-order valence-corrected chi connectivity index (χ1v) is 7.77. The van der Waals surface area contributed by atoms with Crippen LogP contribution in [0.5, 0.6) is 0 Å². The average molecular weight is 266 g/mol. The quantitative estimate of drug-likeness (QED) is 0.606. The third-order valence-electron chi connectivity index (χ3n) is 3.27. The number of hydrogen-bond donors (Lipinski definition) is 0. The third kappa shape index (κ3) is 3.55. The normalized spacial score (nSPS) is 25.5. The lowest BCUT2D eigenvalue weighted by Gasteiger charge is -2.36. The molecule has 1 fully saturated rings. The maximum Gasteiger partial charge on any atom is 0.159 e. The molecule has 1 aromatic heterocycles. The van der Waals surface area contributed by atoms with Crippen LogP contribution in [-0.2, 0) is 6.54 Å². The molecule has 0 aliphatic carbocycles. The molecule has 0 bridgehead atoms. The maximum atomic E-state index is 5.32. The number of thioether (sulfide) groups is 1. The number of furan rings is 1. The van der Waals surface area contributed by atoms with Gasteiger partial charge in [0.25, 0.3) is 0 Å². The van der Waals surface area contributed by atoms with E-state index in [1.54, 1.807) is 18.0 Å². The Bertz CT molecular complexity index is 379. The minimum atomic E-state index is 0.641. The summed E-state index contributed by atoms with van der Waals surface area (Å²) >= 11 is 1.74. The van der Waals surface area contributed by atoms with Crippen molar-refractivity contribution in [2.75, 3.05) is 19.3 Å². The van der Waals surface area contributed by atoms with Crippen molar-refractivity contribution in [3.05, 3.63) is 24.2 Å². The van der Waals surface area contributed by atoms with Crippen LogP contribution in [0.3, 0.4) is 0 Å². The number of likely N-dealkylation sites (tertiary alicyclic amines) is 1. The molecule has 1 saturated heterocycles. The predicted octanol–water partition coefficient (Wildman–Crippen LogP) is 3.48. The van der Waals surface area contributed by atoms with Crippen molar-refractivity contribution in [3.63, 3.8) is 0 Å². The Morgan fingerprint density at radius 2 is 2.17 bits per heavy atom. The summed E-state index contributed by atoms with van der Waals surface area (Å²) in [7, 11) is 0. The number of aliphatic imine (C=N–C) groups is 1. The largest absolute Gasteiger partial charge is 0.467 e. The van der Waals surface area contributed by atoms with E-state index in [1.807, 2.05) is 12.1 Å². The van der Waals surface area contributed by atoms with Crippen LogP contribution in [-0.4, -0.2) is 29.4 Å². The molecule has 0 radical (unpaired) electrons. The summed E-state index contributed by atoms with van der Waals surface area (Å²) in [5.74, 6) is 2.45. The Hall–Kier alpha value is -0.900. The van der Waals surface area contributed by atoms with Gasteiger partial charge in [-0.25, -0.2) is 0 Å². The van der Waals surface area contributed by atoms with Crippen LogP contribution in [0.2, 0.25) is 0 Å². The second-order valence-corrected chi connectivity index (χ2v) is 6.01. The first-order chi connectivity index (χ1) is 8.69. The van der Waals surface area contributed by atoms with E-state index in [2.05, 4.69) is 30.0 Å². The molecule has 3 nitrogen and oxygen atoms in total. The van der Waals surface area contributed by atoms with Crippen molar-refractivity contribution >= 4 is 16.9 Å². The summed E-state index contributed by atoms with van der Waals surface area (Å²) in [5, 5.41) is 1.14. The van der Waals surface area contributed by atoms with Gasteiger partial charge in [-0.05, 0) is 36.6 Å². The molecule has 0 amide bonds. The second-order valence-electron chi connectivity index (χ2n) is 5.23. The summed E-state index contributed by atoms with van der Waals surface area (Å²) in [6.45, 7) is 7.55. The van der Waals surface area contributed by atoms with Crippen LogP contribution in [0.25, 0.3) is 0 Å². The average Bonchev–Trinajstić information content (AvgIpc) is 2.81. The SMILES string of the molecule is CSC(=NCc1ccco1)N1C[C@H](C)C[C@H](C)C1. The Morgan fingerprint density at radius 3 is 2.72 bits per heavy atom. The first-order valence-electron chi connectivity index (χ1n) is 6.54. The molecule has 1 aromatic rings. The van der Waals surface area contributed by atoms with Crippen molar-refractivity contribution < 1.29 is 4.42 Å². The molecule has 0 aromatic carbocycles. The van der Waals surface area contributed by atoms with Gasteiger partial charge in [0.2, 0.25) is 0 Å². The van der Waals surface area contributed by atoms with Gasteiger partial charge in [0.05, 0.1) is 12.8 Å². The molecule has 0 saturated carbocycles. The topological polar surface area (TPSA) is 28.7 Å². The van der Waals surface area contributed by atoms with Crippen molar-refractivity contribution in [1.29, 1.82) is 0 Å². The highest BCUT2D eigenvalue weighted by Crippen LogP contribution is 2.23. The van der Waals surface area contributed by atoms with Gasteiger partial charge in [-0.2, -0.15) is 0 Å². The van der Waals surface area contributed by atoms with Crippen LogP contribution >= 0.6 is 11.8 Å². The fourth-order valence-corrected chi connectivity index (χ4v) is 3.26. The van der Waals surface area contributed by atoms with E-state index >= 15 is 0 Å². The van der Waals surface area contributed by atoms with Gasteiger partial charge >= 0.3 is 0 Å². The summed E-state index contributed by atoms with van der Waals surface area (Å²) < 4.78 is 5.32. The molecule has 2 heterocycles. The number of nitrogens with zero attached hydrogens (tertiary/aromatic N) is 2. The zero-order valence-corrected chi connectivity index (χ0v) is 12.2. The number of hydrogen-bond acceptors (Lipinski definition) is 3. The monoisotopic (exact) mass is 266 g/mol. The van der Waals surface area contributed by atoms with E-state index in [0.717, 1.165) is 35.9 Å². The number of piperidine rings is 1. The smallest absolute Gasteiger partial charge is 0.159 e. The van der Waals surface area contributed by atoms with Crippen molar-refractivity contribution in [3.8, 4) is 0 Å². The highest BCUT2D eigenvalue weighted by Gasteiger charge is 2.23. The molecule has 0 spiro atoms. The van der Waals surface area contributed by atoms with E-state index in [0.29, 0.717) is 6.54 Å². The van der Waals surface area contributed by atoms with E-state index < -0.39 is 0 Å². The molecule has 2 rings (SSSR count).